The van der Waals surface area contributed by atoms with Crippen LogP contribution < -0.4 is 0 Å². The zero-order valence-corrected chi connectivity index (χ0v) is 6.68. The van der Waals surface area contributed by atoms with E-state index in [0.717, 1.165) is 11.4 Å². The Bertz CT molecular complexity index is 218. The molecule has 0 unspecified atom stereocenters. The molecule has 0 saturated carbocycles. The van der Waals surface area contributed by atoms with Gasteiger partial charge in [0.1, 0.15) is 12.8 Å². The number of oxime groups is 1. The molecule has 1 aromatic heterocycles. The Kier molecular flexibility index (Phi) is 2.39. The van der Waals surface area contributed by atoms with E-state index >= 15 is 0 Å². The standard InChI is InChI=1S/C6H8N2OS/c1-5(8-9-2)6-3-10-4-7-6/h3-4H,1-2H3/b8-5+. The summed E-state index contributed by atoms with van der Waals surface area (Å²) in [5, 5.41) is 5.66. The maximum absolute atomic E-state index is 4.58. The molecule has 0 bridgehead atoms. The summed E-state index contributed by atoms with van der Waals surface area (Å²) in [6.07, 6.45) is 0. The van der Waals surface area contributed by atoms with E-state index in [0.29, 0.717) is 0 Å². The molecule has 54 valence electrons. The van der Waals surface area contributed by atoms with Crippen LogP contribution in [0.4, 0.5) is 0 Å². The molecule has 4 heteroatoms. The molecule has 0 N–H and O–H groups in total. The van der Waals surface area contributed by atoms with Crippen LogP contribution in [0.2, 0.25) is 0 Å². The van der Waals surface area contributed by atoms with Crippen LogP contribution in [-0.2, 0) is 4.84 Å². The average Bonchev–Trinajstić information content (AvgIpc) is 2.38. The summed E-state index contributed by atoms with van der Waals surface area (Å²) in [5.41, 5.74) is 3.46. The van der Waals surface area contributed by atoms with E-state index in [4.69, 9.17) is 0 Å². The second kappa shape index (κ2) is 3.31. The van der Waals surface area contributed by atoms with Crippen LogP contribution in [0.5, 0.6) is 0 Å². The Balaban J connectivity index is 2.77. The second-order valence-corrected chi connectivity index (χ2v) is 2.45. The summed E-state index contributed by atoms with van der Waals surface area (Å²) in [6, 6.07) is 0. The molecule has 10 heavy (non-hydrogen) atoms. The summed E-state index contributed by atoms with van der Waals surface area (Å²) < 4.78 is 0. The van der Waals surface area contributed by atoms with E-state index < -0.39 is 0 Å². The molecule has 0 spiro atoms. The van der Waals surface area contributed by atoms with Crippen molar-refractivity contribution in [2.75, 3.05) is 7.11 Å². The summed E-state index contributed by atoms with van der Waals surface area (Å²) >= 11 is 1.55. The molecule has 0 aliphatic rings. The van der Waals surface area contributed by atoms with Gasteiger partial charge in [0.15, 0.2) is 0 Å². The number of aromatic nitrogens is 1. The topological polar surface area (TPSA) is 34.5 Å². The minimum Gasteiger partial charge on any atom is -0.399 e. The van der Waals surface area contributed by atoms with E-state index in [1.165, 1.54) is 7.11 Å². The van der Waals surface area contributed by atoms with Crippen molar-refractivity contribution in [3.63, 3.8) is 0 Å². The van der Waals surface area contributed by atoms with E-state index in [-0.39, 0.29) is 0 Å². The van der Waals surface area contributed by atoms with Gasteiger partial charge in [-0.15, -0.1) is 11.3 Å². The fourth-order valence-electron chi connectivity index (χ4n) is 0.575. The van der Waals surface area contributed by atoms with Crippen LogP contribution in [0.3, 0.4) is 0 Å². The molecule has 0 aliphatic heterocycles. The molecule has 1 aromatic rings. The molecule has 1 rings (SSSR count). The lowest BCUT2D eigenvalue weighted by Crippen LogP contribution is -1.94. The molecule has 0 aliphatic carbocycles. The quantitative estimate of drug-likeness (QED) is 0.480. The van der Waals surface area contributed by atoms with Crippen LogP contribution in [0.25, 0.3) is 0 Å². The number of rotatable bonds is 2. The van der Waals surface area contributed by atoms with E-state index in [9.17, 15) is 0 Å². The Hall–Kier alpha value is -0.900. The van der Waals surface area contributed by atoms with Crippen molar-refractivity contribution in [3.8, 4) is 0 Å². The molecular weight excluding hydrogens is 148 g/mol. The normalized spacial score (nSPS) is 11.6. The minimum atomic E-state index is 0.809. The van der Waals surface area contributed by atoms with Crippen molar-refractivity contribution in [1.82, 2.24) is 4.98 Å². The number of hydrogen-bond donors (Lipinski definition) is 0. The van der Waals surface area contributed by atoms with Crippen molar-refractivity contribution in [2.45, 2.75) is 6.92 Å². The lowest BCUT2D eigenvalue weighted by Gasteiger charge is -1.91. The van der Waals surface area contributed by atoms with Gasteiger partial charge in [-0.1, -0.05) is 5.16 Å². The van der Waals surface area contributed by atoms with Gasteiger partial charge in [0.05, 0.1) is 11.2 Å². The molecule has 1 heterocycles. The molecular formula is C6H8N2OS. The maximum Gasteiger partial charge on any atom is 0.106 e. The number of hydrogen-bond acceptors (Lipinski definition) is 4. The highest BCUT2D eigenvalue weighted by molar-refractivity contribution is 7.07. The predicted octanol–water partition coefficient (Wildman–Crippen LogP) is 1.51. The third-order valence-electron chi connectivity index (χ3n) is 1.03. The Morgan fingerprint density at radius 3 is 3.10 bits per heavy atom. The van der Waals surface area contributed by atoms with Crippen LogP contribution in [0.1, 0.15) is 12.6 Å². The summed E-state index contributed by atoms with van der Waals surface area (Å²) in [5.74, 6) is 0. The highest BCUT2D eigenvalue weighted by Crippen LogP contribution is 2.02. The highest BCUT2D eigenvalue weighted by atomic mass is 32.1. The van der Waals surface area contributed by atoms with Crippen LogP contribution in [0, 0.1) is 0 Å². The van der Waals surface area contributed by atoms with Gasteiger partial charge in [-0.25, -0.2) is 4.98 Å². The third kappa shape index (κ3) is 1.54. The van der Waals surface area contributed by atoms with Gasteiger partial charge in [0, 0.05) is 5.38 Å². The molecule has 0 atom stereocenters. The van der Waals surface area contributed by atoms with E-state index in [1.807, 2.05) is 12.3 Å². The Morgan fingerprint density at radius 1 is 1.80 bits per heavy atom. The third-order valence-corrected chi connectivity index (χ3v) is 1.62. The van der Waals surface area contributed by atoms with Gasteiger partial charge in [-0.05, 0) is 6.92 Å². The molecule has 0 amide bonds. The Labute approximate surface area is 63.3 Å². The highest BCUT2D eigenvalue weighted by Gasteiger charge is 1.97. The second-order valence-electron chi connectivity index (χ2n) is 1.73. The van der Waals surface area contributed by atoms with Crippen molar-refractivity contribution in [3.05, 3.63) is 16.6 Å². The SMILES string of the molecule is CO/N=C(\C)c1cscn1. The molecule has 0 saturated heterocycles. The Morgan fingerprint density at radius 2 is 2.60 bits per heavy atom. The predicted molar refractivity (Wildman–Crippen MR) is 41.3 cm³/mol. The number of nitrogens with zero attached hydrogens (tertiary/aromatic N) is 2. The van der Waals surface area contributed by atoms with Crippen LogP contribution in [-0.4, -0.2) is 17.8 Å². The largest absolute Gasteiger partial charge is 0.399 e. The first-order valence-corrected chi connectivity index (χ1v) is 3.75. The lowest BCUT2D eigenvalue weighted by atomic mass is 10.3. The van der Waals surface area contributed by atoms with Gasteiger partial charge >= 0.3 is 0 Å². The zero-order valence-electron chi connectivity index (χ0n) is 5.87. The fourth-order valence-corrected chi connectivity index (χ4v) is 1.17. The molecule has 0 fully saturated rings. The first-order chi connectivity index (χ1) is 4.84. The maximum atomic E-state index is 4.58. The monoisotopic (exact) mass is 156 g/mol. The van der Waals surface area contributed by atoms with Gasteiger partial charge in [0.25, 0.3) is 0 Å². The summed E-state index contributed by atoms with van der Waals surface area (Å²) in [7, 11) is 1.52. The van der Waals surface area contributed by atoms with E-state index in [1.54, 1.807) is 16.8 Å². The fraction of sp³-hybridized carbons (Fsp3) is 0.333. The van der Waals surface area contributed by atoms with Gasteiger partial charge in [0.2, 0.25) is 0 Å². The number of thiazole rings is 1. The molecule has 3 nitrogen and oxygen atoms in total. The molecule has 0 radical (unpaired) electrons. The van der Waals surface area contributed by atoms with Gasteiger partial charge in [-0.3, -0.25) is 0 Å². The average molecular weight is 156 g/mol. The van der Waals surface area contributed by atoms with Crippen molar-refractivity contribution >= 4 is 17.0 Å². The van der Waals surface area contributed by atoms with Crippen molar-refractivity contribution < 1.29 is 4.84 Å². The van der Waals surface area contributed by atoms with Crippen molar-refractivity contribution in [1.29, 1.82) is 0 Å². The summed E-state index contributed by atoms with van der Waals surface area (Å²) in [4.78, 5) is 8.62. The van der Waals surface area contributed by atoms with Crippen LogP contribution in [0.15, 0.2) is 16.0 Å². The lowest BCUT2D eigenvalue weighted by molar-refractivity contribution is 0.213. The summed E-state index contributed by atoms with van der Waals surface area (Å²) in [6.45, 7) is 1.86. The van der Waals surface area contributed by atoms with Crippen molar-refractivity contribution in [2.24, 2.45) is 5.16 Å². The minimum absolute atomic E-state index is 0.809. The first-order valence-electron chi connectivity index (χ1n) is 2.81. The van der Waals surface area contributed by atoms with E-state index in [2.05, 4.69) is 15.0 Å². The zero-order chi connectivity index (χ0) is 7.40. The van der Waals surface area contributed by atoms with Gasteiger partial charge in [-0.2, -0.15) is 0 Å². The van der Waals surface area contributed by atoms with Gasteiger partial charge < -0.3 is 4.84 Å². The smallest absolute Gasteiger partial charge is 0.106 e. The molecule has 0 aromatic carbocycles. The first kappa shape index (κ1) is 7.21. The van der Waals surface area contributed by atoms with Crippen LogP contribution >= 0.6 is 11.3 Å².